The Hall–Kier alpha value is -1.67. The molecule has 2 aromatic rings. The minimum Gasteiger partial charge on any atom is -0.310 e. The summed E-state index contributed by atoms with van der Waals surface area (Å²) in [5.74, 6) is 0. The molecule has 20 heavy (non-hydrogen) atoms. The monoisotopic (exact) mass is 268 g/mol. The van der Waals surface area contributed by atoms with Gasteiger partial charge in [-0.3, -0.25) is 4.98 Å². The summed E-state index contributed by atoms with van der Waals surface area (Å²) < 4.78 is 0. The molecule has 1 N–H and O–H groups in total. The lowest BCUT2D eigenvalue weighted by Crippen LogP contribution is -2.24. The molecular formula is C18H24N2. The van der Waals surface area contributed by atoms with Crippen molar-refractivity contribution in [2.75, 3.05) is 6.54 Å². The van der Waals surface area contributed by atoms with Crippen LogP contribution in [0.5, 0.6) is 0 Å². The summed E-state index contributed by atoms with van der Waals surface area (Å²) in [5.41, 5.74) is 5.42. The fourth-order valence-corrected chi connectivity index (χ4v) is 2.39. The predicted molar refractivity (Wildman–Crippen MR) is 84.9 cm³/mol. The number of aromatic nitrogens is 1. The fraction of sp³-hybridized carbons (Fsp3) is 0.389. The van der Waals surface area contributed by atoms with Gasteiger partial charge in [-0.1, -0.05) is 25.1 Å². The van der Waals surface area contributed by atoms with Crippen molar-refractivity contribution in [3.63, 3.8) is 0 Å². The van der Waals surface area contributed by atoms with Crippen molar-refractivity contribution < 1.29 is 0 Å². The predicted octanol–water partition coefficient (Wildman–Crippen LogP) is 3.98. The largest absolute Gasteiger partial charge is 0.310 e. The lowest BCUT2D eigenvalue weighted by Gasteiger charge is -2.19. The average molecular weight is 268 g/mol. The molecule has 2 rings (SSSR count). The smallest absolute Gasteiger partial charge is 0.0361 e. The first kappa shape index (κ1) is 14.7. The maximum Gasteiger partial charge on any atom is 0.0361 e. The normalized spacial score (nSPS) is 12.3. The van der Waals surface area contributed by atoms with Crippen molar-refractivity contribution in [2.45, 2.75) is 39.7 Å². The van der Waals surface area contributed by atoms with Crippen LogP contribution < -0.4 is 5.32 Å². The maximum atomic E-state index is 4.11. The van der Waals surface area contributed by atoms with E-state index in [-0.39, 0.29) is 0 Å². The molecule has 0 aliphatic carbocycles. The van der Waals surface area contributed by atoms with Crippen LogP contribution in [0.3, 0.4) is 0 Å². The molecule has 0 aliphatic heterocycles. The molecule has 1 heterocycles. The van der Waals surface area contributed by atoms with Crippen LogP contribution in [0.4, 0.5) is 0 Å². The summed E-state index contributed by atoms with van der Waals surface area (Å²) in [7, 11) is 0. The highest BCUT2D eigenvalue weighted by Crippen LogP contribution is 2.19. The van der Waals surface area contributed by atoms with E-state index in [1.54, 1.807) is 0 Å². The highest BCUT2D eigenvalue weighted by molar-refractivity contribution is 5.31. The molecule has 1 aromatic heterocycles. The summed E-state index contributed by atoms with van der Waals surface area (Å²) in [6.45, 7) is 7.58. The van der Waals surface area contributed by atoms with Crippen LogP contribution in [0.15, 0.2) is 42.7 Å². The molecule has 1 atom stereocenters. The van der Waals surface area contributed by atoms with Gasteiger partial charge in [0.05, 0.1) is 0 Å². The number of pyridine rings is 1. The SMILES string of the molecule is CCCNC(Cc1ccc(C)c(C)c1)c1ccncc1. The number of nitrogens with one attached hydrogen (secondary N) is 1. The Morgan fingerprint density at radius 2 is 1.80 bits per heavy atom. The van der Waals surface area contributed by atoms with Gasteiger partial charge >= 0.3 is 0 Å². The van der Waals surface area contributed by atoms with Crippen LogP contribution in [-0.2, 0) is 6.42 Å². The zero-order valence-corrected chi connectivity index (χ0v) is 12.7. The van der Waals surface area contributed by atoms with Gasteiger partial charge in [0.2, 0.25) is 0 Å². The average Bonchev–Trinajstić information content (AvgIpc) is 2.48. The van der Waals surface area contributed by atoms with Gasteiger partial charge < -0.3 is 5.32 Å². The van der Waals surface area contributed by atoms with Gasteiger partial charge in [-0.05, 0) is 67.6 Å². The first-order chi connectivity index (χ1) is 9.70. The number of hydrogen-bond acceptors (Lipinski definition) is 2. The first-order valence-electron chi connectivity index (χ1n) is 7.40. The van der Waals surface area contributed by atoms with E-state index in [1.165, 1.54) is 22.3 Å². The van der Waals surface area contributed by atoms with Crippen LogP contribution in [0, 0.1) is 13.8 Å². The first-order valence-corrected chi connectivity index (χ1v) is 7.40. The molecule has 1 aromatic carbocycles. The molecule has 0 bridgehead atoms. The topological polar surface area (TPSA) is 24.9 Å². The zero-order chi connectivity index (χ0) is 14.4. The summed E-state index contributed by atoms with van der Waals surface area (Å²) in [6.07, 6.45) is 5.91. The van der Waals surface area contributed by atoms with Gasteiger partial charge in [-0.25, -0.2) is 0 Å². The number of aryl methyl sites for hydroxylation is 2. The summed E-state index contributed by atoms with van der Waals surface area (Å²) >= 11 is 0. The molecule has 2 nitrogen and oxygen atoms in total. The molecule has 0 radical (unpaired) electrons. The molecule has 0 aliphatic rings. The summed E-state index contributed by atoms with van der Waals surface area (Å²) in [5, 5.41) is 3.64. The maximum absolute atomic E-state index is 4.11. The second kappa shape index (κ2) is 7.20. The van der Waals surface area contributed by atoms with E-state index in [2.05, 4.69) is 61.4 Å². The van der Waals surface area contributed by atoms with Gasteiger partial charge in [0, 0.05) is 18.4 Å². The standard InChI is InChI=1S/C18H24N2/c1-4-9-20-18(17-7-10-19-11-8-17)13-16-6-5-14(2)15(3)12-16/h5-8,10-12,18,20H,4,9,13H2,1-3H3. The second-order valence-electron chi connectivity index (χ2n) is 5.41. The van der Waals surface area contributed by atoms with Gasteiger partial charge in [0.15, 0.2) is 0 Å². The number of nitrogens with zero attached hydrogens (tertiary/aromatic N) is 1. The van der Waals surface area contributed by atoms with E-state index < -0.39 is 0 Å². The third-order valence-electron chi connectivity index (χ3n) is 3.76. The van der Waals surface area contributed by atoms with Crippen LogP contribution >= 0.6 is 0 Å². The molecule has 0 amide bonds. The lowest BCUT2D eigenvalue weighted by atomic mass is 9.97. The van der Waals surface area contributed by atoms with Gasteiger partial charge in [-0.15, -0.1) is 0 Å². The van der Waals surface area contributed by atoms with Crippen LogP contribution in [0.1, 0.15) is 41.6 Å². The van der Waals surface area contributed by atoms with Crippen molar-refractivity contribution in [1.82, 2.24) is 10.3 Å². The molecule has 2 heteroatoms. The van der Waals surface area contributed by atoms with E-state index in [0.29, 0.717) is 6.04 Å². The van der Waals surface area contributed by atoms with E-state index in [1.807, 2.05) is 12.4 Å². The van der Waals surface area contributed by atoms with Crippen molar-refractivity contribution in [3.05, 3.63) is 65.0 Å². The number of benzene rings is 1. The highest BCUT2D eigenvalue weighted by Gasteiger charge is 2.11. The minimum atomic E-state index is 0.361. The molecule has 0 saturated heterocycles. The number of rotatable bonds is 6. The van der Waals surface area contributed by atoms with Crippen molar-refractivity contribution in [3.8, 4) is 0 Å². The fourth-order valence-electron chi connectivity index (χ4n) is 2.39. The Kier molecular flexibility index (Phi) is 5.31. The van der Waals surface area contributed by atoms with Crippen LogP contribution in [-0.4, -0.2) is 11.5 Å². The zero-order valence-electron chi connectivity index (χ0n) is 12.7. The third-order valence-corrected chi connectivity index (χ3v) is 3.76. The molecule has 1 unspecified atom stereocenters. The van der Waals surface area contributed by atoms with Crippen molar-refractivity contribution >= 4 is 0 Å². The number of hydrogen-bond donors (Lipinski definition) is 1. The third kappa shape index (κ3) is 3.91. The lowest BCUT2D eigenvalue weighted by molar-refractivity contribution is 0.528. The van der Waals surface area contributed by atoms with Gasteiger partial charge in [0.25, 0.3) is 0 Å². The Morgan fingerprint density at radius 1 is 1.05 bits per heavy atom. The molecule has 0 saturated carbocycles. The van der Waals surface area contributed by atoms with Gasteiger partial charge in [-0.2, -0.15) is 0 Å². The Labute approximate surface area is 122 Å². The Balaban J connectivity index is 2.17. The van der Waals surface area contributed by atoms with E-state index in [9.17, 15) is 0 Å². The van der Waals surface area contributed by atoms with Crippen molar-refractivity contribution in [2.24, 2.45) is 0 Å². The van der Waals surface area contributed by atoms with Crippen molar-refractivity contribution in [1.29, 1.82) is 0 Å². The quantitative estimate of drug-likeness (QED) is 0.857. The summed E-state index contributed by atoms with van der Waals surface area (Å²) in [6, 6.07) is 11.3. The second-order valence-corrected chi connectivity index (χ2v) is 5.41. The molecule has 0 fully saturated rings. The molecular weight excluding hydrogens is 244 g/mol. The summed E-state index contributed by atoms with van der Waals surface area (Å²) in [4.78, 5) is 4.11. The van der Waals surface area contributed by atoms with Gasteiger partial charge in [0.1, 0.15) is 0 Å². The molecule has 106 valence electrons. The molecule has 0 spiro atoms. The van der Waals surface area contributed by atoms with E-state index in [4.69, 9.17) is 0 Å². The minimum absolute atomic E-state index is 0.361. The van der Waals surface area contributed by atoms with Crippen LogP contribution in [0.2, 0.25) is 0 Å². The van der Waals surface area contributed by atoms with E-state index >= 15 is 0 Å². The highest BCUT2D eigenvalue weighted by atomic mass is 14.9. The van der Waals surface area contributed by atoms with Crippen LogP contribution in [0.25, 0.3) is 0 Å². The Bertz CT molecular complexity index is 534. The Morgan fingerprint density at radius 3 is 2.45 bits per heavy atom. The van der Waals surface area contributed by atoms with E-state index in [0.717, 1.165) is 19.4 Å².